The molecule has 0 bridgehead atoms. The van der Waals surface area contributed by atoms with Gasteiger partial charge in [0.25, 0.3) is 0 Å². The van der Waals surface area contributed by atoms with Crippen LogP contribution in [-0.2, 0) is 33.2 Å². The largest absolute Gasteiger partial charge is 0.461 e. The number of aliphatic imine (C=N–C) groups is 1. The molecule has 0 saturated heterocycles. The van der Waals surface area contributed by atoms with Gasteiger partial charge in [0.1, 0.15) is 20.1 Å². The number of fused-ring (bicyclic) bond motifs is 1. The number of carbonyl (C=O) groups excluding carboxylic acids is 1. The minimum atomic E-state index is -1.33. The third-order valence-corrected chi connectivity index (χ3v) is 14.3. The Kier molecular flexibility index (Phi) is 18.9. The van der Waals surface area contributed by atoms with E-state index in [9.17, 15) is 4.79 Å². The standard InChI is InChI=1S/C42H68N6O7SSi2/c1-43-28-34(29-44-35-14-12-11-13-15-35)36-30-45-48-39(36)46-37(33-16-18-42(19-17-33,55-23-21-51-3)41(49)54-22-20-50-2)38(56-4)40(48)47(31-52-24-26-57(5,6)7)32-53-25-27-58(8,9)10/h11-15,28-30,33,43H,16-27,31-32H2,1-10H3/b34-28+,44-29+. The summed E-state index contributed by atoms with van der Waals surface area (Å²) in [6, 6.07) is 12.0. The highest BCUT2D eigenvalue weighted by atomic mass is 32.2. The summed E-state index contributed by atoms with van der Waals surface area (Å²) in [4.78, 5) is 27.1. The van der Waals surface area contributed by atoms with Gasteiger partial charge in [-0.05, 0) is 56.2 Å². The number of hydrogen-bond donors (Lipinski definition) is 1. The zero-order chi connectivity index (χ0) is 42.2. The molecule has 0 unspecified atom stereocenters. The van der Waals surface area contributed by atoms with Crippen LogP contribution in [0.2, 0.25) is 51.4 Å². The Morgan fingerprint density at radius 1 is 0.948 bits per heavy atom. The van der Waals surface area contributed by atoms with Crippen LogP contribution in [0.4, 0.5) is 11.5 Å². The van der Waals surface area contributed by atoms with Crippen molar-refractivity contribution in [2.75, 3.05) is 85.5 Å². The maximum atomic E-state index is 13.6. The van der Waals surface area contributed by atoms with Crippen molar-refractivity contribution in [2.24, 2.45) is 4.99 Å². The molecule has 1 saturated carbocycles. The summed E-state index contributed by atoms with van der Waals surface area (Å²) in [5, 5.41) is 8.23. The first kappa shape index (κ1) is 47.6. The SMILES string of the molecule is CN/C=C(\C=N\c1ccccc1)c1cnn2c(N(COCC[Si](C)(C)C)COCC[Si](C)(C)C)c(SC)c(C3CCC(OCCOC)(C(=O)OCCOC)CC3)nc12. The number of thioether (sulfide) groups is 1. The predicted octanol–water partition coefficient (Wildman–Crippen LogP) is 8.09. The van der Waals surface area contributed by atoms with Gasteiger partial charge in [-0.1, -0.05) is 57.5 Å². The molecule has 2 aromatic heterocycles. The molecule has 1 aliphatic carbocycles. The van der Waals surface area contributed by atoms with E-state index in [1.807, 2.05) is 60.5 Å². The van der Waals surface area contributed by atoms with Crippen molar-refractivity contribution >= 4 is 62.8 Å². The van der Waals surface area contributed by atoms with E-state index in [1.54, 1.807) is 26.0 Å². The highest BCUT2D eigenvalue weighted by molar-refractivity contribution is 7.98. The van der Waals surface area contributed by atoms with Crippen molar-refractivity contribution in [1.29, 1.82) is 0 Å². The summed E-state index contributed by atoms with van der Waals surface area (Å²) in [6.07, 6.45) is 10.0. The fourth-order valence-corrected chi connectivity index (χ4v) is 8.97. The Labute approximate surface area is 352 Å². The summed E-state index contributed by atoms with van der Waals surface area (Å²) in [7, 11) is 2.43. The highest BCUT2D eigenvalue weighted by Gasteiger charge is 2.45. The number of methoxy groups -OCH3 is 2. The number of rotatable bonds is 25. The van der Waals surface area contributed by atoms with E-state index < -0.39 is 21.7 Å². The number of nitrogens with one attached hydrogen (secondary N) is 1. The Bertz CT molecular complexity index is 1750. The lowest BCUT2D eigenvalue weighted by Gasteiger charge is -2.38. The van der Waals surface area contributed by atoms with Gasteiger partial charge in [0.2, 0.25) is 0 Å². The second kappa shape index (κ2) is 23.0. The topological polar surface area (TPSA) is 130 Å². The molecule has 1 N–H and O–H groups in total. The molecule has 1 aliphatic rings. The smallest absolute Gasteiger partial charge is 0.338 e. The summed E-state index contributed by atoms with van der Waals surface area (Å²) < 4.78 is 37.3. The first-order chi connectivity index (χ1) is 27.8. The fraction of sp³-hybridized carbons (Fsp3) is 0.619. The molecule has 0 spiro atoms. The monoisotopic (exact) mass is 856 g/mol. The second-order valence-corrected chi connectivity index (χ2v) is 29.2. The molecule has 322 valence electrons. The van der Waals surface area contributed by atoms with Crippen LogP contribution in [0.1, 0.15) is 42.9 Å². The fourth-order valence-electron chi connectivity index (χ4n) is 6.63. The van der Waals surface area contributed by atoms with Crippen molar-refractivity contribution in [3.8, 4) is 0 Å². The van der Waals surface area contributed by atoms with Gasteiger partial charge in [0.15, 0.2) is 17.1 Å². The molecule has 3 aromatic rings. The maximum Gasteiger partial charge on any atom is 0.338 e. The molecule has 13 nitrogen and oxygen atoms in total. The number of anilines is 1. The summed E-state index contributed by atoms with van der Waals surface area (Å²) >= 11 is 1.65. The van der Waals surface area contributed by atoms with Crippen molar-refractivity contribution in [3.63, 3.8) is 0 Å². The van der Waals surface area contributed by atoms with Crippen LogP contribution in [0.3, 0.4) is 0 Å². The van der Waals surface area contributed by atoms with Crippen LogP contribution in [-0.4, -0.2) is 129 Å². The third kappa shape index (κ3) is 14.0. The molecule has 0 atom stereocenters. The normalized spacial score (nSPS) is 18.0. The van der Waals surface area contributed by atoms with E-state index in [0.29, 0.717) is 77.8 Å². The molecule has 2 heterocycles. The van der Waals surface area contributed by atoms with Gasteiger partial charge in [0, 0.05) is 80.1 Å². The van der Waals surface area contributed by atoms with Gasteiger partial charge in [0.05, 0.1) is 42.3 Å². The summed E-state index contributed by atoms with van der Waals surface area (Å²) in [5.74, 6) is 0.538. The number of esters is 1. The predicted molar refractivity (Wildman–Crippen MR) is 241 cm³/mol. The molecular formula is C42H68N6O7SSi2. The molecular weight excluding hydrogens is 789 g/mol. The number of nitrogens with zero attached hydrogens (tertiary/aromatic N) is 5. The van der Waals surface area contributed by atoms with E-state index in [-0.39, 0.29) is 18.5 Å². The number of aromatic nitrogens is 3. The van der Waals surface area contributed by atoms with Crippen molar-refractivity contribution in [3.05, 3.63) is 54.0 Å². The number of ether oxygens (including phenoxy) is 6. The van der Waals surface area contributed by atoms with Crippen LogP contribution in [0, 0.1) is 0 Å². The van der Waals surface area contributed by atoms with E-state index in [0.717, 1.165) is 45.3 Å². The van der Waals surface area contributed by atoms with Crippen molar-refractivity contribution in [1.82, 2.24) is 19.9 Å². The number of hydrogen-bond acceptors (Lipinski definition) is 13. The molecule has 1 fully saturated rings. The first-order valence-corrected chi connectivity index (χ1v) is 29.0. The molecule has 16 heteroatoms. The lowest BCUT2D eigenvalue weighted by molar-refractivity contribution is -0.181. The average molecular weight is 857 g/mol. The number of benzene rings is 1. The van der Waals surface area contributed by atoms with Crippen molar-refractivity contribution in [2.45, 2.75) is 93.5 Å². The third-order valence-electron chi connectivity index (χ3n) is 10.1. The van der Waals surface area contributed by atoms with Gasteiger partial charge in [-0.2, -0.15) is 9.61 Å². The van der Waals surface area contributed by atoms with Crippen molar-refractivity contribution < 1.29 is 33.2 Å². The Hall–Kier alpha value is -3.10. The van der Waals surface area contributed by atoms with Gasteiger partial charge in [-0.25, -0.2) is 9.78 Å². The van der Waals surface area contributed by atoms with E-state index in [2.05, 4.69) is 55.8 Å². The summed E-state index contributed by atoms with van der Waals surface area (Å²) in [6.45, 7) is 17.3. The van der Waals surface area contributed by atoms with Crippen LogP contribution >= 0.6 is 11.8 Å². The Morgan fingerprint density at radius 3 is 2.14 bits per heavy atom. The highest BCUT2D eigenvalue weighted by Crippen LogP contribution is 2.45. The Morgan fingerprint density at radius 2 is 1.57 bits per heavy atom. The van der Waals surface area contributed by atoms with E-state index in [4.69, 9.17) is 43.5 Å². The minimum absolute atomic E-state index is 0.0251. The quantitative estimate of drug-likeness (QED) is 0.0221. The number of carbonyl (C=O) groups is 1. The zero-order valence-corrected chi connectivity index (χ0v) is 39.4. The van der Waals surface area contributed by atoms with Crippen LogP contribution in [0.15, 0.2) is 52.6 Å². The lowest BCUT2D eigenvalue weighted by atomic mass is 9.77. The van der Waals surface area contributed by atoms with E-state index >= 15 is 0 Å². The molecule has 0 aliphatic heterocycles. The van der Waals surface area contributed by atoms with E-state index in [1.165, 1.54) is 0 Å². The zero-order valence-electron chi connectivity index (χ0n) is 36.6. The van der Waals surface area contributed by atoms with Crippen LogP contribution < -0.4 is 10.2 Å². The lowest BCUT2D eigenvalue weighted by Crippen LogP contribution is -2.46. The maximum absolute atomic E-state index is 13.6. The van der Waals surface area contributed by atoms with Crippen LogP contribution in [0.25, 0.3) is 11.2 Å². The molecule has 0 radical (unpaired) electrons. The van der Waals surface area contributed by atoms with Gasteiger partial charge in [-0.15, -0.1) is 11.8 Å². The molecule has 4 rings (SSSR count). The molecule has 58 heavy (non-hydrogen) atoms. The van der Waals surface area contributed by atoms with Gasteiger partial charge < -0.3 is 38.6 Å². The first-order valence-electron chi connectivity index (χ1n) is 20.4. The van der Waals surface area contributed by atoms with Gasteiger partial charge in [-0.3, -0.25) is 4.99 Å². The second-order valence-electron chi connectivity index (χ2n) is 17.1. The molecule has 0 amide bonds. The number of allylic oxidation sites excluding steroid dienone is 1. The summed E-state index contributed by atoms with van der Waals surface area (Å²) in [5.41, 5.74) is 3.08. The average Bonchev–Trinajstić information content (AvgIpc) is 3.61. The Balaban J connectivity index is 1.84. The van der Waals surface area contributed by atoms with Gasteiger partial charge >= 0.3 is 5.97 Å². The number of para-hydroxylation sites is 1. The minimum Gasteiger partial charge on any atom is -0.461 e. The molecule has 1 aromatic carbocycles. The van der Waals surface area contributed by atoms with Crippen LogP contribution in [0.5, 0.6) is 0 Å².